The zero-order chi connectivity index (χ0) is 23.1. The molecule has 1 aliphatic heterocycles. The summed E-state index contributed by atoms with van der Waals surface area (Å²) in [4.78, 5) is 27.3. The smallest absolute Gasteiger partial charge is 0.253 e. The average molecular weight is 452 g/mol. The Morgan fingerprint density at radius 1 is 1.09 bits per heavy atom. The van der Waals surface area contributed by atoms with E-state index >= 15 is 0 Å². The van der Waals surface area contributed by atoms with E-state index in [1.807, 2.05) is 53.6 Å². The SMILES string of the molecule is CN1CCC(NC(=O)c2cnc3[nH]cc(-c4ccn5ncc(-c6cccnc6)c5c4)c3c2)CC1. The first-order chi connectivity index (χ1) is 16.7. The summed E-state index contributed by atoms with van der Waals surface area (Å²) in [5, 5.41) is 8.59. The van der Waals surface area contributed by atoms with Crippen molar-refractivity contribution in [2.45, 2.75) is 18.9 Å². The van der Waals surface area contributed by atoms with Gasteiger partial charge in [-0.3, -0.25) is 9.78 Å². The molecule has 0 spiro atoms. The van der Waals surface area contributed by atoms with Crippen LogP contribution in [0.3, 0.4) is 0 Å². The largest absolute Gasteiger partial charge is 0.349 e. The van der Waals surface area contributed by atoms with Crippen LogP contribution in [0.1, 0.15) is 23.2 Å². The Bertz CT molecular complexity index is 1480. The fourth-order valence-electron chi connectivity index (χ4n) is 4.68. The number of aromatic amines is 1. The Balaban J connectivity index is 1.34. The fourth-order valence-corrected chi connectivity index (χ4v) is 4.68. The number of amides is 1. The molecule has 34 heavy (non-hydrogen) atoms. The molecule has 6 rings (SSSR count). The lowest BCUT2D eigenvalue weighted by Gasteiger charge is -2.29. The summed E-state index contributed by atoms with van der Waals surface area (Å²) in [6.45, 7) is 2.00. The third kappa shape index (κ3) is 3.72. The van der Waals surface area contributed by atoms with Crippen LogP contribution < -0.4 is 5.32 Å². The highest BCUT2D eigenvalue weighted by atomic mass is 16.1. The quantitative estimate of drug-likeness (QED) is 0.434. The molecule has 0 aliphatic carbocycles. The van der Waals surface area contributed by atoms with Crippen molar-refractivity contribution in [3.63, 3.8) is 0 Å². The van der Waals surface area contributed by atoms with E-state index in [2.05, 4.69) is 43.4 Å². The lowest BCUT2D eigenvalue weighted by atomic mass is 10.0. The number of H-pyrrole nitrogens is 1. The Hall–Kier alpha value is -4.04. The molecule has 1 aliphatic rings. The van der Waals surface area contributed by atoms with Crippen LogP contribution >= 0.6 is 0 Å². The molecule has 0 radical (unpaired) electrons. The number of likely N-dealkylation sites (tertiary alicyclic amines) is 1. The molecule has 8 heteroatoms. The van der Waals surface area contributed by atoms with Gasteiger partial charge in [-0.05, 0) is 62.8 Å². The molecule has 0 saturated carbocycles. The molecule has 0 unspecified atom stereocenters. The van der Waals surface area contributed by atoms with Gasteiger partial charge in [-0.15, -0.1) is 0 Å². The molecule has 5 aromatic rings. The first-order valence-corrected chi connectivity index (χ1v) is 11.5. The number of hydrogen-bond acceptors (Lipinski definition) is 5. The maximum atomic E-state index is 13.0. The van der Waals surface area contributed by atoms with E-state index < -0.39 is 0 Å². The van der Waals surface area contributed by atoms with Crippen LogP contribution in [0.25, 0.3) is 38.8 Å². The topological polar surface area (TPSA) is 91.2 Å². The molecule has 1 fully saturated rings. The molecule has 0 atom stereocenters. The number of nitrogens with one attached hydrogen (secondary N) is 2. The number of aromatic nitrogens is 5. The van der Waals surface area contributed by atoms with Crippen LogP contribution in [0.5, 0.6) is 0 Å². The number of nitrogens with zero attached hydrogens (tertiary/aromatic N) is 5. The van der Waals surface area contributed by atoms with Gasteiger partial charge in [-0.1, -0.05) is 6.07 Å². The van der Waals surface area contributed by atoms with Crippen molar-refractivity contribution in [2.75, 3.05) is 20.1 Å². The Labute approximate surface area is 196 Å². The standard InChI is InChI=1S/C26H25N7O/c1-32-8-5-20(6-9-32)31-26(34)19-11-21-22(15-29-25(21)28-14-19)17-4-10-33-24(12-17)23(16-30-33)18-3-2-7-27-13-18/h2-4,7,10-16,20H,5-6,8-9H2,1H3,(H,28,29)(H,31,34). The van der Waals surface area contributed by atoms with Crippen LogP contribution in [0.15, 0.2) is 67.5 Å². The van der Waals surface area contributed by atoms with Crippen molar-refractivity contribution in [1.29, 1.82) is 0 Å². The Morgan fingerprint density at radius 2 is 1.97 bits per heavy atom. The predicted molar refractivity (Wildman–Crippen MR) is 131 cm³/mol. The number of carbonyl (C=O) groups excluding carboxylic acids is 1. The van der Waals surface area contributed by atoms with E-state index in [0.717, 1.165) is 64.7 Å². The second-order valence-corrected chi connectivity index (χ2v) is 8.92. The highest BCUT2D eigenvalue weighted by Crippen LogP contribution is 2.32. The van der Waals surface area contributed by atoms with Crippen molar-refractivity contribution >= 4 is 22.5 Å². The summed E-state index contributed by atoms with van der Waals surface area (Å²) in [5.41, 5.74) is 6.38. The molecule has 0 aromatic carbocycles. The minimum Gasteiger partial charge on any atom is -0.349 e. The van der Waals surface area contributed by atoms with Crippen LogP contribution in [0.2, 0.25) is 0 Å². The molecular weight excluding hydrogens is 426 g/mol. The van der Waals surface area contributed by atoms with Gasteiger partial charge in [-0.25, -0.2) is 9.50 Å². The lowest BCUT2D eigenvalue weighted by Crippen LogP contribution is -2.43. The minimum absolute atomic E-state index is 0.0683. The number of fused-ring (bicyclic) bond motifs is 2. The molecule has 2 N–H and O–H groups in total. The first-order valence-electron chi connectivity index (χ1n) is 11.5. The van der Waals surface area contributed by atoms with Gasteiger partial charge in [0.2, 0.25) is 0 Å². The maximum Gasteiger partial charge on any atom is 0.253 e. The molecule has 6 heterocycles. The van der Waals surface area contributed by atoms with Gasteiger partial charge in [0.25, 0.3) is 5.91 Å². The third-order valence-electron chi connectivity index (χ3n) is 6.65. The molecule has 1 saturated heterocycles. The molecular formula is C26H25N7O. The van der Waals surface area contributed by atoms with Crippen molar-refractivity contribution in [3.8, 4) is 22.3 Å². The number of pyridine rings is 3. The molecule has 0 bridgehead atoms. The summed E-state index contributed by atoms with van der Waals surface area (Å²) < 4.78 is 1.86. The highest BCUT2D eigenvalue weighted by molar-refractivity contribution is 6.01. The van der Waals surface area contributed by atoms with Crippen LogP contribution in [-0.4, -0.2) is 61.6 Å². The molecule has 5 aromatic heterocycles. The van der Waals surface area contributed by atoms with E-state index in [9.17, 15) is 4.79 Å². The van der Waals surface area contributed by atoms with E-state index in [1.165, 1.54) is 0 Å². The maximum absolute atomic E-state index is 13.0. The zero-order valence-electron chi connectivity index (χ0n) is 18.9. The van der Waals surface area contributed by atoms with E-state index in [1.54, 1.807) is 12.4 Å². The van der Waals surface area contributed by atoms with Gasteiger partial charge in [0.05, 0.1) is 17.3 Å². The van der Waals surface area contributed by atoms with Crippen LogP contribution in [0, 0.1) is 0 Å². The Morgan fingerprint density at radius 3 is 2.79 bits per heavy atom. The summed E-state index contributed by atoms with van der Waals surface area (Å²) in [5.74, 6) is -0.0683. The number of hydrogen-bond donors (Lipinski definition) is 2. The van der Waals surface area contributed by atoms with Crippen LogP contribution in [-0.2, 0) is 0 Å². The summed E-state index contributed by atoms with van der Waals surface area (Å²) in [6.07, 6.45) is 13.0. The number of rotatable bonds is 4. The van der Waals surface area contributed by atoms with E-state index in [-0.39, 0.29) is 11.9 Å². The number of carbonyl (C=O) groups is 1. The van der Waals surface area contributed by atoms with Crippen molar-refractivity contribution < 1.29 is 4.79 Å². The van der Waals surface area contributed by atoms with Crippen molar-refractivity contribution in [2.24, 2.45) is 0 Å². The van der Waals surface area contributed by atoms with Gasteiger partial charge < -0.3 is 15.2 Å². The zero-order valence-corrected chi connectivity index (χ0v) is 18.9. The lowest BCUT2D eigenvalue weighted by molar-refractivity contribution is 0.0916. The van der Waals surface area contributed by atoms with E-state index in [4.69, 9.17) is 0 Å². The molecule has 170 valence electrons. The fraction of sp³-hybridized carbons (Fsp3) is 0.231. The predicted octanol–water partition coefficient (Wildman–Crippen LogP) is 3.76. The summed E-state index contributed by atoms with van der Waals surface area (Å²) in [6, 6.07) is 10.2. The number of piperidine rings is 1. The second kappa shape index (κ2) is 8.39. The van der Waals surface area contributed by atoms with Crippen molar-refractivity contribution in [3.05, 3.63) is 73.1 Å². The Kier molecular flexibility index (Phi) is 5.07. The van der Waals surface area contributed by atoms with Gasteiger partial charge in [0.15, 0.2) is 0 Å². The average Bonchev–Trinajstić information content (AvgIpc) is 3.49. The second-order valence-electron chi connectivity index (χ2n) is 8.92. The first kappa shape index (κ1) is 20.6. The normalized spacial score (nSPS) is 15.2. The monoisotopic (exact) mass is 451 g/mol. The highest BCUT2D eigenvalue weighted by Gasteiger charge is 2.20. The van der Waals surface area contributed by atoms with E-state index in [0.29, 0.717) is 5.56 Å². The summed E-state index contributed by atoms with van der Waals surface area (Å²) >= 11 is 0. The molecule has 8 nitrogen and oxygen atoms in total. The molecule has 1 amide bonds. The summed E-state index contributed by atoms with van der Waals surface area (Å²) in [7, 11) is 2.12. The van der Waals surface area contributed by atoms with Gasteiger partial charge >= 0.3 is 0 Å². The third-order valence-corrected chi connectivity index (χ3v) is 6.65. The van der Waals surface area contributed by atoms with Gasteiger partial charge in [0, 0.05) is 59.1 Å². The van der Waals surface area contributed by atoms with Gasteiger partial charge in [-0.2, -0.15) is 5.10 Å². The van der Waals surface area contributed by atoms with Crippen LogP contribution in [0.4, 0.5) is 0 Å². The van der Waals surface area contributed by atoms with Gasteiger partial charge in [0.1, 0.15) is 5.65 Å². The van der Waals surface area contributed by atoms with Crippen molar-refractivity contribution in [1.82, 2.24) is 34.8 Å². The minimum atomic E-state index is -0.0683.